The van der Waals surface area contributed by atoms with Crippen LogP contribution in [0, 0.1) is 27.8 Å². The summed E-state index contributed by atoms with van der Waals surface area (Å²) in [6, 6.07) is 0. The van der Waals surface area contributed by atoms with Gasteiger partial charge in [0.1, 0.15) is 0 Å². The number of hydrogen-bond acceptors (Lipinski definition) is 3. The van der Waals surface area contributed by atoms with Crippen molar-refractivity contribution in [3.63, 3.8) is 0 Å². The molecule has 0 aliphatic heterocycles. The average Bonchev–Trinajstić information content (AvgIpc) is 2.72. The first-order valence-electron chi connectivity index (χ1n) is 7.56. The monoisotopic (exact) mass is 549 g/mol. The Hall–Kier alpha value is 1.22. The van der Waals surface area contributed by atoms with Crippen LogP contribution in [-0.2, 0) is 49.1 Å². The second-order valence-electron chi connectivity index (χ2n) is 6.19. The number of nitrogens with zero attached hydrogens (tertiary/aromatic N) is 1. The molecule has 3 nitrogen and oxygen atoms in total. The van der Waals surface area contributed by atoms with Crippen LogP contribution in [0.5, 0.6) is 0 Å². The van der Waals surface area contributed by atoms with E-state index in [0.29, 0.717) is 18.0 Å². The molecule has 1 fully saturated rings. The van der Waals surface area contributed by atoms with Crippen molar-refractivity contribution >= 4 is 7.85 Å². The maximum Gasteiger partial charge on any atom is 2.00 e. The van der Waals surface area contributed by atoms with Crippen molar-refractivity contribution in [2.45, 2.75) is 65.0 Å². The van der Waals surface area contributed by atoms with Gasteiger partial charge in [0.2, 0.25) is 0 Å². The van der Waals surface area contributed by atoms with Gasteiger partial charge >= 0.3 is 18.6 Å². The van der Waals surface area contributed by atoms with E-state index in [4.69, 9.17) is 17.3 Å². The van der Waals surface area contributed by atoms with Gasteiger partial charge < -0.3 is 29.2 Å². The Morgan fingerprint density at radius 3 is 1.67 bits per heavy atom. The first-order chi connectivity index (χ1) is 9.18. The van der Waals surface area contributed by atoms with Gasteiger partial charge in [-0.2, -0.15) is 0 Å². The number of ether oxygens (including phenoxy) is 2. The second-order valence-corrected chi connectivity index (χ2v) is 6.19. The predicted molar refractivity (Wildman–Crippen MR) is 102 cm³/mol. The summed E-state index contributed by atoms with van der Waals surface area (Å²) in [6.07, 6.45) is 4.36. The van der Waals surface area contributed by atoms with Crippen molar-refractivity contribution in [3.8, 4) is 0 Å². The third-order valence-electron chi connectivity index (χ3n) is 2.72. The van der Waals surface area contributed by atoms with Gasteiger partial charge in [0, 0.05) is 34.8 Å². The van der Waals surface area contributed by atoms with Crippen LogP contribution in [0.15, 0.2) is 0 Å². The van der Waals surface area contributed by atoms with Crippen LogP contribution in [0.3, 0.4) is 0 Å². The normalized spacial score (nSPS) is 18.0. The summed E-state index contributed by atoms with van der Waals surface area (Å²) in [6.45, 7) is 9.06. The SMILES string of the molecule is COC(C)C.[B]C1CCC(COC(C)C)C1.[CH2-]N(C)C.[CH3-].[CH3-].[V+2].[W]. The van der Waals surface area contributed by atoms with Crippen molar-refractivity contribution in [1.29, 1.82) is 0 Å². The van der Waals surface area contributed by atoms with Crippen molar-refractivity contribution in [3.05, 3.63) is 21.9 Å². The van der Waals surface area contributed by atoms with Crippen molar-refractivity contribution < 1.29 is 49.1 Å². The van der Waals surface area contributed by atoms with Crippen LogP contribution in [0.1, 0.15) is 47.0 Å². The molecule has 1 aliphatic carbocycles. The molecule has 0 heterocycles. The zero-order chi connectivity index (χ0) is 16.1. The molecular weight excluding hydrogens is 508 g/mol. The Bertz CT molecular complexity index is 209. The molecule has 3 radical (unpaired) electrons. The largest absolute Gasteiger partial charge is 2.00 e. The van der Waals surface area contributed by atoms with E-state index in [1.807, 2.05) is 27.9 Å². The standard InChI is InChI=1S/C9H17BO.C4H10O.C3H8N.2CH3.V.W/c1-7(2)11-6-8-3-4-9(10)5-8;1-4(2)5-3;1-4(2)3;;;;/h7-9H,3-6H2,1-2H3;4H,1-3H3;1H2,2-3H3;2*1H3;;/q;;3*-1;+2;. The van der Waals surface area contributed by atoms with Crippen LogP contribution in [0.4, 0.5) is 0 Å². The van der Waals surface area contributed by atoms with Crippen LogP contribution in [-0.4, -0.2) is 52.8 Å². The molecule has 0 bridgehead atoms. The molecule has 0 spiro atoms. The molecule has 24 heavy (non-hydrogen) atoms. The van der Waals surface area contributed by atoms with Crippen molar-refractivity contribution in [2.75, 3.05) is 27.8 Å². The van der Waals surface area contributed by atoms with Crippen molar-refractivity contribution in [1.82, 2.24) is 4.90 Å². The first-order valence-corrected chi connectivity index (χ1v) is 7.56. The summed E-state index contributed by atoms with van der Waals surface area (Å²) in [5.41, 5.74) is 0. The van der Waals surface area contributed by atoms with E-state index >= 15 is 0 Å². The Morgan fingerprint density at radius 2 is 1.46 bits per heavy atom. The molecule has 1 saturated carbocycles. The summed E-state index contributed by atoms with van der Waals surface area (Å²) in [5.74, 6) is 1.17. The Morgan fingerprint density at radius 1 is 1.08 bits per heavy atom. The summed E-state index contributed by atoms with van der Waals surface area (Å²) >= 11 is 0. The van der Waals surface area contributed by atoms with Gasteiger partial charge in [-0.05, 0) is 54.1 Å². The summed E-state index contributed by atoms with van der Waals surface area (Å²) in [4.78, 5) is 1.75. The van der Waals surface area contributed by atoms with E-state index in [2.05, 4.69) is 20.9 Å². The third kappa shape index (κ3) is 38.7. The zero-order valence-electron chi connectivity index (χ0n) is 17.5. The fourth-order valence-electron chi connectivity index (χ4n) is 1.59. The van der Waals surface area contributed by atoms with Gasteiger partial charge in [-0.25, -0.2) is 0 Å². The van der Waals surface area contributed by atoms with Gasteiger partial charge in [-0.3, -0.25) is 7.05 Å². The number of rotatable bonds is 4. The minimum Gasteiger partial charge on any atom is -0.464 e. The van der Waals surface area contributed by atoms with E-state index in [1.54, 1.807) is 12.0 Å². The summed E-state index contributed by atoms with van der Waals surface area (Å²) in [7, 11) is 14.7. The van der Waals surface area contributed by atoms with Crippen LogP contribution in [0.25, 0.3) is 0 Å². The van der Waals surface area contributed by atoms with E-state index in [1.165, 1.54) is 12.8 Å². The van der Waals surface area contributed by atoms with Crippen molar-refractivity contribution in [2.24, 2.45) is 5.92 Å². The topological polar surface area (TPSA) is 21.7 Å². The molecule has 145 valence electrons. The molecule has 1 rings (SSSR count). The van der Waals surface area contributed by atoms with Gasteiger partial charge in [0.15, 0.2) is 0 Å². The molecule has 0 aromatic heterocycles. The Balaban J connectivity index is -0.0000000543. The van der Waals surface area contributed by atoms with E-state index in [9.17, 15) is 0 Å². The molecule has 1 aliphatic rings. The fraction of sp³-hybridized carbons (Fsp3) is 0.833. The maximum atomic E-state index is 5.78. The first kappa shape index (κ1) is 40.0. The van der Waals surface area contributed by atoms with Crippen LogP contribution in [0.2, 0.25) is 5.82 Å². The zero-order valence-corrected chi connectivity index (χ0v) is 21.9. The molecule has 0 saturated heterocycles. The third-order valence-corrected chi connectivity index (χ3v) is 2.72. The molecule has 0 aromatic carbocycles. The molecular formula is C18H41BNO2VW-. The molecule has 0 amide bonds. The van der Waals surface area contributed by atoms with Crippen LogP contribution >= 0.6 is 0 Å². The average molecular weight is 549 g/mol. The molecule has 2 unspecified atom stereocenters. The Kier molecular flexibility index (Phi) is 44.1. The van der Waals surface area contributed by atoms with E-state index in [-0.39, 0.29) is 54.5 Å². The summed E-state index contributed by atoms with van der Waals surface area (Å²) in [5, 5.41) is 0. The molecule has 2 atom stereocenters. The minimum atomic E-state index is 0. The Labute approximate surface area is 181 Å². The van der Waals surface area contributed by atoms with Crippen LogP contribution < -0.4 is 0 Å². The van der Waals surface area contributed by atoms with Gasteiger partial charge in [0.05, 0.1) is 20.1 Å². The smallest absolute Gasteiger partial charge is 0.464 e. The maximum absolute atomic E-state index is 5.78. The second kappa shape index (κ2) is 26.4. The minimum absolute atomic E-state index is 0. The number of methoxy groups -OCH3 is 1. The van der Waals surface area contributed by atoms with Gasteiger partial charge in [-0.15, -0.1) is 0 Å². The van der Waals surface area contributed by atoms with E-state index in [0.717, 1.165) is 18.9 Å². The predicted octanol–water partition coefficient (Wildman–Crippen LogP) is 4.44. The molecule has 0 N–H and O–H groups in total. The fourth-order valence-corrected chi connectivity index (χ4v) is 1.59. The molecule has 6 heteroatoms. The van der Waals surface area contributed by atoms with Gasteiger partial charge in [-0.1, -0.05) is 18.7 Å². The van der Waals surface area contributed by atoms with E-state index < -0.39 is 0 Å². The van der Waals surface area contributed by atoms with Gasteiger partial charge in [0.25, 0.3) is 0 Å². The molecule has 0 aromatic rings. The summed E-state index contributed by atoms with van der Waals surface area (Å²) < 4.78 is 10.3. The quantitative estimate of drug-likeness (QED) is 0.383. The number of hydrogen-bond donors (Lipinski definition) is 0.